The molecule has 2 aliphatic rings. The van der Waals surface area contributed by atoms with Gasteiger partial charge in [-0.1, -0.05) is 0 Å². The zero-order valence-corrected chi connectivity index (χ0v) is 15.5. The van der Waals surface area contributed by atoms with Crippen LogP contribution in [0.4, 0.5) is 5.82 Å². The van der Waals surface area contributed by atoms with E-state index in [1.165, 1.54) is 12.8 Å². The largest absolute Gasteiger partial charge is 0.477 e. The molecule has 0 radical (unpaired) electrons. The van der Waals surface area contributed by atoms with Crippen LogP contribution in [0.25, 0.3) is 5.78 Å². The van der Waals surface area contributed by atoms with E-state index >= 15 is 0 Å². The lowest BCUT2D eigenvalue weighted by molar-refractivity contribution is 0.215. The second kappa shape index (κ2) is 6.75. The summed E-state index contributed by atoms with van der Waals surface area (Å²) in [5, 5.41) is 4.32. The highest BCUT2D eigenvalue weighted by Crippen LogP contribution is 2.39. The van der Waals surface area contributed by atoms with Crippen LogP contribution in [0.5, 0.6) is 5.88 Å². The molecule has 0 atom stereocenters. The van der Waals surface area contributed by atoms with Crippen molar-refractivity contribution in [1.82, 2.24) is 29.5 Å². The fourth-order valence-corrected chi connectivity index (χ4v) is 3.70. The number of rotatable bonds is 5. The average molecular weight is 365 g/mol. The van der Waals surface area contributed by atoms with Gasteiger partial charge in [-0.2, -0.15) is 14.6 Å². The van der Waals surface area contributed by atoms with Crippen molar-refractivity contribution in [3.05, 3.63) is 36.2 Å². The van der Waals surface area contributed by atoms with Gasteiger partial charge in [-0.15, -0.1) is 0 Å². The summed E-state index contributed by atoms with van der Waals surface area (Å²) in [7, 11) is 0. The maximum atomic E-state index is 5.97. The number of ether oxygens (including phenoxy) is 1. The highest BCUT2D eigenvalue weighted by Gasteiger charge is 2.26. The third-order valence-corrected chi connectivity index (χ3v) is 5.43. The Balaban J connectivity index is 1.20. The van der Waals surface area contributed by atoms with Gasteiger partial charge in [-0.3, -0.25) is 0 Å². The molecule has 0 aromatic carbocycles. The van der Waals surface area contributed by atoms with Gasteiger partial charge in [0.15, 0.2) is 0 Å². The Hall–Kier alpha value is -2.77. The minimum atomic E-state index is 0.537. The number of aryl methyl sites for hydroxylation is 1. The predicted molar refractivity (Wildman–Crippen MR) is 100.0 cm³/mol. The number of nitrogens with zero attached hydrogens (tertiary/aromatic N) is 7. The molecule has 8 heteroatoms. The van der Waals surface area contributed by atoms with Crippen molar-refractivity contribution in [2.45, 2.75) is 38.5 Å². The van der Waals surface area contributed by atoms with Gasteiger partial charge in [0.05, 0.1) is 12.3 Å². The first-order valence-electron chi connectivity index (χ1n) is 9.63. The molecule has 0 N–H and O–H groups in total. The molecule has 140 valence electrons. The second-order valence-corrected chi connectivity index (χ2v) is 7.52. The van der Waals surface area contributed by atoms with Crippen LogP contribution in [-0.2, 0) is 0 Å². The van der Waals surface area contributed by atoms with Crippen molar-refractivity contribution in [1.29, 1.82) is 0 Å². The van der Waals surface area contributed by atoms with E-state index in [0.29, 0.717) is 30.1 Å². The summed E-state index contributed by atoms with van der Waals surface area (Å²) in [5.41, 5.74) is 2.09. The predicted octanol–water partition coefficient (Wildman–Crippen LogP) is 2.40. The number of anilines is 1. The van der Waals surface area contributed by atoms with Crippen molar-refractivity contribution >= 4 is 11.6 Å². The van der Waals surface area contributed by atoms with E-state index < -0.39 is 0 Å². The summed E-state index contributed by atoms with van der Waals surface area (Å²) in [6.07, 6.45) is 7.82. The van der Waals surface area contributed by atoms with Crippen LogP contribution >= 0.6 is 0 Å². The Labute approximate surface area is 157 Å². The average Bonchev–Trinajstić information content (AvgIpc) is 3.45. The molecule has 2 fully saturated rings. The molecule has 3 aromatic rings. The van der Waals surface area contributed by atoms with Crippen molar-refractivity contribution < 1.29 is 4.74 Å². The van der Waals surface area contributed by atoms with Crippen LogP contribution in [0.2, 0.25) is 0 Å². The molecule has 0 unspecified atom stereocenters. The van der Waals surface area contributed by atoms with Crippen molar-refractivity contribution in [2.75, 3.05) is 24.6 Å². The van der Waals surface area contributed by atoms with Crippen molar-refractivity contribution in [3.63, 3.8) is 0 Å². The maximum Gasteiger partial charge on any atom is 0.254 e. The van der Waals surface area contributed by atoms with E-state index in [9.17, 15) is 0 Å². The third-order valence-electron chi connectivity index (χ3n) is 5.43. The first kappa shape index (κ1) is 16.4. The zero-order valence-electron chi connectivity index (χ0n) is 15.5. The fraction of sp³-hybridized carbons (Fsp3) is 0.526. The Morgan fingerprint density at radius 3 is 2.70 bits per heavy atom. The molecule has 1 aliphatic heterocycles. The summed E-state index contributed by atoms with van der Waals surface area (Å²) >= 11 is 0. The van der Waals surface area contributed by atoms with Crippen LogP contribution in [-0.4, -0.2) is 49.2 Å². The topological polar surface area (TPSA) is 81.3 Å². The number of fused-ring (bicyclic) bond motifs is 1. The van der Waals surface area contributed by atoms with E-state index in [-0.39, 0.29) is 0 Å². The van der Waals surface area contributed by atoms with Crippen molar-refractivity contribution in [3.8, 4) is 5.88 Å². The summed E-state index contributed by atoms with van der Waals surface area (Å²) in [6.45, 7) is 4.66. The van der Waals surface area contributed by atoms with Gasteiger partial charge >= 0.3 is 0 Å². The van der Waals surface area contributed by atoms with E-state index in [1.54, 1.807) is 12.7 Å². The van der Waals surface area contributed by atoms with Crippen LogP contribution < -0.4 is 9.64 Å². The Morgan fingerprint density at radius 2 is 1.89 bits per heavy atom. The van der Waals surface area contributed by atoms with Crippen LogP contribution in [0, 0.1) is 12.8 Å². The number of aromatic nitrogens is 6. The summed E-state index contributed by atoms with van der Waals surface area (Å²) in [5.74, 6) is 3.60. The van der Waals surface area contributed by atoms with Crippen LogP contribution in [0.15, 0.2) is 24.8 Å². The Bertz CT molecular complexity index is 944. The van der Waals surface area contributed by atoms with E-state index in [4.69, 9.17) is 4.74 Å². The Kier molecular flexibility index (Phi) is 4.10. The quantitative estimate of drug-likeness (QED) is 0.687. The van der Waals surface area contributed by atoms with Crippen LogP contribution in [0.3, 0.4) is 0 Å². The molecule has 1 aliphatic carbocycles. The molecule has 0 spiro atoms. The SMILES string of the molecule is Cc1cc(N2CCC(COc3cc(C4CC4)ncn3)CC2)n2ncnc2n1. The fourth-order valence-electron chi connectivity index (χ4n) is 3.70. The molecule has 1 saturated heterocycles. The van der Waals surface area contributed by atoms with E-state index in [0.717, 1.165) is 43.1 Å². The minimum Gasteiger partial charge on any atom is -0.477 e. The smallest absolute Gasteiger partial charge is 0.254 e. The number of hydrogen-bond donors (Lipinski definition) is 0. The summed E-state index contributed by atoms with van der Waals surface area (Å²) in [6, 6.07) is 4.09. The Morgan fingerprint density at radius 1 is 1.04 bits per heavy atom. The highest BCUT2D eigenvalue weighted by atomic mass is 16.5. The molecule has 5 rings (SSSR count). The lowest BCUT2D eigenvalue weighted by atomic mass is 9.98. The molecule has 27 heavy (non-hydrogen) atoms. The minimum absolute atomic E-state index is 0.537. The van der Waals surface area contributed by atoms with Crippen LogP contribution in [0.1, 0.15) is 43.0 Å². The van der Waals surface area contributed by atoms with Gasteiger partial charge in [0, 0.05) is 36.8 Å². The maximum absolute atomic E-state index is 5.97. The van der Waals surface area contributed by atoms with Crippen molar-refractivity contribution in [2.24, 2.45) is 5.92 Å². The second-order valence-electron chi connectivity index (χ2n) is 7.52. The van der Waals surface area contributed by atoms with Gasteiger partial charge in [0.2, 0.25) is 5.88 Å². The highest BCUT2D eigenvalue weighted by molar-refractivity contribution is 5.47. The van der Waals surface area contributed by atoms with E-state index in [2.05, 4.69) is 36.0 Å². The molecule has 4 heterocycles. The standard InChI is InChI=1S/C19H23N7O/c1-13-8-18(26-19(24-13)22-12-23-26)25-6-4-14(5-7-25)10-27-17-9-16(15-2-3-15)20-11-21-17/h8-9,11-12,14-15H,2-7,10H2,1H3. The molecular formula is C19H23N7O. The monoisotopic (exact) mass is 365 g/mol. The third kappa shape index (κ3) is 3.43. The summed E-state index contributed by atoms with van der Waals surface area (Å²) in [4.78, 5) is 19.6. The molecule has 0 amide bonds. The lowest BCUT2D eigenvalue weighted by Gasteiger charge is -2.33. The first-order valence-corrected chi connectivity index (χ1v) is 9.63. The molecule has 0 bridgehead atoms. The number of piperidine rings is 1. The normalized spacial score (nSPS) is 18.2. The van der Waals surface area contributed by atoms with Gasteiger partial charge in [0.25, 0.3) is 5.78 Å². The molecular weight excluding hydrogens is 342 g/mol. The van der Waals surface area contributed by atoms with Gasteiger partial charge in [-0.25, -0.2) is 15.0 Å². The number of hydrogen-bond acceptors (Lipinski definition) is 7. The van der Waals surface area contributed by atoms with E-state index in [1.807, 2.05) is 17.5 Å². The molecule has 1 saturated carbocycles. The first-order chi connectivity index (χ1) is 13.3. The van der Waals surface area contributed by atoms with Gasteiger partial charge in [0.1, 0.15) is 18.5 Å². The zero-order chi connectivity index (χ0) is 18.2. The molecule has 8 nitrogen and oxygen atoms in total. The summed E-state index contributed by atoms with van der Waals surface area (Å²) < 4.78 is 7.80. The van der Waals surface area contributed by atoms with Gasteiger partial charge < -0.3 is 9.64 Å². The van der Waals surface area contributed by atoms with Gasteiger partial charge in [-0.05, 0) is 38.5 Å². The lowest BCUT2D eigenvalue weighted by Crippen LogP contribution is -2.36. The molecule has 3 aromatic heterocycles.